The zero-order chi connectivity index (χ0) is 15.2. The highest BCUT2D eigenvalue weighted by atomic mass is 79.9. The van der Waals surface area contributed by atoms with Crippen molar-refractivity contribution in [2.24, 2.45) is 13.0 Å². The first-order chi connectivity index (χ1) is 10.0. The molecule has 0 saturated heterocycles. The van der Waals surface area contributed by atoms with E-state index in [9.17, 15) is 0 Å². The molecule has 4 nitrogen and oxygen atoms in total. The fourth-order valence-corrected chi connectivity index (χ4v) is 2.85. The number of hydrogen-bond donors (Lipinski definition) is 1. The normalized spacial score (nSPS) is 12.8. The third kappa shape index (κ3) is 5.59. The van der Waals surface area contributed by atoms with Crippen LogP contribution >= 0.6 is 15.9 Å². The van der Waals surface area contributed by atoms with Gasteiger partial charge in [0, 0.05) is 23.8 Å². The molecular formula is C16H23BrN4. The van der Waals surface area contributed by atoms with Crippen LogP contribution < -0.4 is 5.32 Å². The minimum Gasteiger partial charge on any atom is -0.314 e. The number of hydrogen-bond acceptors (Lipinski definition) is 3. The fraction of sp³-hybridized carbons (Fsp3) is 0.500. The maximum atomic E-state index is 4.22. The summed E-state index contributed by atoms with van der Waals surface area (Å²) in [5, 5.41) is 11.8. The molecule has 0 fully saturated rings. The summed E-state index contributed by atoms with van der Waals surface area (Å²) in [6.07, 6.45) is 3.99. The van der Waals surface area contributed by atoms with Crippen molar-refractivity contribution in [3.8, 4) is 0 Å². The third-order valence-electron chi connectivity index (χ3n) is 3.38. The molecule has 2 rings (SSSR count). The number of halogens is 1. The zero-order valence-electron chi connectivity index (χ0n) is 12.9. The molecule has 1 heterocycles. The molecule has 1 atom stereocenters. The van der Waals surface area contributed by atoms with Crippen molar-refractivity contribution in [3.05, 3.63) is 46.2 Å². The van der Waals surface area contributed by atoms with E-state index >= 15 is 0 Å². The second-order valence-corrected chi connectivity index (χ2v) is 6.77. The number of benzene rings is 1. The lowest BCUT2D eigenvalue weighted by atomic mass is 9.94. The first-order valence-electron chi connectivity index (χ1n) is 7.36. The quantitative estimate of drug-likeness (QED) is 0.834. The van der Waals surface area contributed by atoms with E-state index in [1.807, 2.05) is 13.2 Å². The van der Waals surface area contributed by atoms with Gasteiger partial charge in [-0.05, 0) is 43.0 Å². The average molecular weight is 351 g/mol. The molecule has 1 N–H and O–H groups in total. The van der Waals surface area contributed by atoms with E-state index in [-0.39, 0.29) is 0 Å². The number of nitrogens with zero attached hydrogens (tertiary/aromatic N) is 3. The fourth-order valence-electron chi connectivity index (χ4n) is 2.40. The topological polar surface area (TPSA) is 42.7 Å². The van der Waals surface area contributed by atoms with Crippen LogP contribution in [0.4, 0.5) is 0 Å². The molecule has 0 aliphatic heterocycles. The Morgan fingerprint density at radius 2 is 2.10 bits per heavy atom. The molecular weight excluding hydrogens is 328 g/mol. The lowest BCUT2D eigenvalue weighted by molar-refractivity contribution is 0.441. The minimum absolute atomic E-state index is 0.497. The number of rotatable bonds is 7. The van der Waals surface area contributed by atoms with Crippen LogP contribution in [-0.4, -0.2) is 27.6 Å². The van der Waals surface area contributed by atoms with Crippen molar-refractivity contribution < 1.29 is 0 Å². The SMILES string of the molecule is CC(C)NCC(Cc1cccc(Br)c1)Cc1cn(C)nn1. The molecule has 1 aromatic heterocycles. The monoisotopic (exact) mass is 350 g/mol. The number of aryl methyl sites for hydroxylation is 1. The molecule has 5 heteroatoms. The first-order valence-corrected chi connectivity index (χ1v) is 8.15. The molecule has 1 aromatic carbocycles. The average Bonchev–Trinajstić information content (AvgIpc) is 2.81. The molecule has 0 spiro atoms. The lowest BCUT2D eigenvalue weighted by Crippen LogP contribution is -2.31. The summed E-state index contributed by atoms with van der Waals surface area (Å²) in [5.74, 6) is 0.512. The van der Waals surface area contributed by atoms with Crippen LogP contribution in [0, 0.1) is 5.92 Å². The summed E-state index contributed by atoms with van der Waals surface area (Å²) in [6, 6.07) is 9.03. The van der Waals surface area contributed by atoms with Gasteiger partial charge in [0.1, 0.15) is 0 Å². The zero-order valence-corrected chi connectivity index (χ0v) is 14.5. The van der Waals surface area contributed by atoms with E-state index < -0.39 is 0 Å². The molecule has 0 aliphatic carbocycles. The van der Waals surface area contributed by atoms with E-state index in [2.05, 4.69) is 69.7 Å². The van der Waals surface area contributed by atoms with Crippen LogP contribution in [0.5, 0.6) is 0 Å². The third-order valence-corrected chi connectivity index (χ3v) is 3.87. The van der Waals surface area contributed by atoms with Crippen molar-refractivity contribution in [2.75, 3.05) is 6.54 Å². The second kappa shape index (κ2) is 7.71. The molecule has 0 radical (unpaired) electrons. The van der Waals surface area contributed by atoms with Gasteiger partial charge in [-0.25, -0.2) is 0 Å². The molecule has 0 amide bonds. The number of nitrogens with one attached hydrogen (secondary N) is 1. The minimum atomic E-state index is 0.497. The van der Waals surface area contributed by atoms with Crippen LogP contribution in [-0.2, 0) is 19.9 Å². The Balaban J connectivity index is 2.04. The van der Waals surface area contributed by atoms with Crippen LogP contribution in [0.2, 0.25) is 0 Å². The summed E-state index contributed by atoms with van der Waals surface area (Å²) in [5.41, 5.74) is 2.41. The first kappa shape index (κ1) is 16.2. The van der Waals surface area contributed by atoms with Gasteiger partial charge in [-0.1, -0.05) is 47.1 Å². The van der Waals surface area contributed by atoms with E-state index in [0.717, 1.165) is 29.6 Å². The van der Waals surface area contributed by atoms with E-state index in [1.54, 1.807) is 4.68 Å². The maximum Gasteiger partial charge on any atom is 0.0830 e. The summed E-state index contributed by atoms with van der Waals surface area (Å²) in [6.45, 7) is 5.34. The Labute approximate surface area is 135 Å². The van der Waals surface area contributed by atoms with Gasteiger partial charge in [0.15, 0.2) is 0 Å². The van der Waals surface area contributed by atoms with Gasteiger partial charge in [0.25, 0.3) is 0 Å². The van der Waals surface area contributed by atoms with E-state index in [4.69, 9.17) is 0 Å². The molecule has 0 bridgehead atoms. The predicted molar refractivity (Wildman–Crippen MR) is 89.2 cm³/mol. The van der Waals surface area contributed by atoms with Gasteiger partial charge in [0.2, 0.25) is 0 Å². The number of aromatic nitrogens is 3. The largest absolute Gasteiger partial charge is 0.314 e. The molecule has 21 heavy (non-hydrogen) atoms. The summed E-state index contributed by atoms with van der Waals surface area (Å²) >= 11 is 3.54. The van der Waals surface area contributed by atoms with Gasteiger partial charge in [-0.2, -0.15) is 0 Å². The van der Waals surface area contributed by atoms with Crippen molar-refractivity contribution >= 4 is 15.9 Å². The van der Waals surface area contributed by atoms with Gasteiger partial charge >= 0.3 is 0 Å². The highest BCUT2D eigenvalue weighted by Gasteiger charge is 2.13. The van der Waals surface area contributed by atoms with Crippen LogP contribution in [0.15, 0.2) is 34.9 Å². The Morgan fingerprint density at radius 1 is 1.29 bits per heavy atom. The Hall–Kier alpha value is -1.20. The van der Waals surface area contributed by atoms with E-state index in [0.29, 0.717) is 12.0 Å². The Morgan fingerprint density at radius 3 is 2.71 bits per heavy atom. The maximum absolute atomic E-state index is 4.22. The Bertz CT molecular complexity index is 565. The second-order valence-electron chi connectivity index (χ2n) is 5.85. The predicted octanol–water partition coefficient (Wildman–Crippen LogP) is 2.98. The summed E-state index contributed by atoms with van der Waals surface area (Å²) in [7, 11) is 1.91. The van der Waals surface area contributed by atoms with E-state index in [1.165, 1.54) is 5.56 Å². The molecule has 1 unspecified atom stereocenters. The van der Waals surface area contributed by atoms with Gasteiger partial charge < -0.3 is 5.32 Å². The van der Waals surface area contributed by atoms with Crippen LogP contribution in [0.25, 0.3) is 0 Å². The lowest BCUT2D eigenvalue weighted by Gasteiger charge is -2.18. The van der Waals surface area contributed by atoms with Gasteiger partial charge in [-0.3, -0.25) is 4.68 Å². The molecule has 114 valence electrons. The summed E-state index contributed by atoms with van der Waals surface area (Å²) < 4.78 is 2.90. The van der Waals surface area contributed by atoms with Gasteiger partial charge in [0.05, 0.1) is 5.69 Å². The van der Waals surface area contributed by atoms with Crippen molar-refractivity contribution in [1.82, 2.24) is 20.3 Å². The van der Waals surface area contributed by atoms with Crippen LogP contribution in [0.1, 0.15) is 25.1 Å². The summed E-state index contributed by atoms with van der Waals surface area (Å²) in [4.78, 5) is 0. The highest BCUT2D eigenvalue weighted by Crippen LogP contribution is 2.17. The standard InChI is InChI=1S/C16H23BrN4/c1-12(2)18-10-14(9-16-11-21(3)20-19-16)7-13-5-4-6-15(17)8-13/h4-6,8,11-12,14,18H,7,9-10H2,1-3H3. The smallest absolute Gasteiger partial charge is 0.0830 e. The highest BCUT2D eigenvalue weighted by molar-refractivity contribution is 9.10. The van der Waals surface area contributed by atoms with Crippen LogP contribution in [0.3, 0.4) is 0 Å². The molecule has 0 aliphatic rings. The Kier molecular flexibility index (Phi) is 5.94. The van der Waals surface area contributed by atoms with Crippen molar-refractivity contribution in [3.63, 3.8) is 0 Å². The van der Waals surface area contributed by atoms with Crippen molar-refractivity contribution in [1.29, 1.82) is 0 Å². The van der Waals surface area contributed by atoms with Crippen molar-refractivity contribution in [2.45, 2.75) is 32.7 Å². The molecule has 0 saturated carbocycles. The molecule has 2 aromatic rings. The van der Waals surface area contributed by atoms with Gasteiger partial charge in [-0.15, -0.1) is 5.10 Å².